The Hall–Kier alpha value is -0.650. The predicted molar refractivity (Wildman–Crippen MR) is 73.6 cm³/mol. The summed E-state index contributed by atoms with van der Waals surface area (Å²) in [5.41, 5.74) is 0.978. The number of hydrogen-bond donors (Lipinski definition) is 1. The van der Waals surface area contributed by atoms with Crippen molar-refractivity contribution >= 4 is 31.9 Å². The standard InChI is InChI=1S/C12H12Br2N2O/c1-8(12-3-2-4-17-12)15-7-11-10(14)5-9(13)6-16-11/h2-6,8,15H,7H2,1H3/t8-/m0/s1. The summed E-state index contributed by atoms with van der Waals surface area (Å²) in [6, 6.07) is 6.01. The highest BCUT2D eigenvalue weighted by Crippen LogP contribution is 2.20. The van der Waals surface area contributed by atoms with Crippen molar-refractivity contribution in [3.63, 3.8) is 0 Å². The molecule has 5 heteroatoms. The zero-order valence-electron chi connectivity index (χ0n) is 9.28. The monoisotopic (exact) mass is 358 g/mol. The highest BCUT2D eigenvalue weighted by molar-refractivity contribution is 9.11. The summed E-state index contributed by atoms with van der Waals surface area (Å²) in [5, 5.41) is 3.36. The molecule has 0 saturated heterocycles. The molecule has 0 aromatic carbocycles. The fraction of sp³-hybridized carbons (Fsp3) is 0.250. The topological polar surface area (TPSA) is 38.1 Å². The molecular weight excluding hydrogens is 348 g/mol. The lowest BCUT2D eigenvalue weighted by Gasteiger charge is -2.11. The number of nitrogens with one attached hydrogen (secondary N) is 1. The van der Waals surface area contributed by atoms with Crippen molar-refractivity contribution in [2.24, 2.45) is 0 Å². The first-order valence-corrected chi connectivity index (χ1v) is 6.82. The Morgan fingerprint density at radius 1 is 1.47 bits per heavy atom. The third-order valence-corrected chi connectivity index (χ3v) is 3.55. The first kappa shape index (κ1) is 12.8. The average molecular weight is 360 g/mol. The van der Waals surface area contributed by atoms with Gasteiger partial charge in [-0.2, -0.15) is 0 Å². The van der Waals surface area contributed by atoms with Crippen LogP contribution in [-0.2, 0) is 6.54 Å². The van der Waals surface area contributed by atoms with Crippen LogP contribution in [0.25, 0.3) is 0 Å². The van der Waals surface area contributed by atoms with E-state index in [1.54, 1.807) is 12.5 Å². The Labute approximate surface area is 117 Å². The summed E-state index contributed by atoms with van der Waals surface area (Å²) < 4.78 is 7.29. The second-order valence-corrected chi connectivity index (χ2v) is 5.47. The van der Waals surface area contributed by atoms with Crippen LogP contribution in [0.5, 0.6) is 0 Å². The Morgan fingerprint density at radius 2 is 2.29 bits per heavy atom. The zero-order valence-corrected chi connectivity index (χ0v) is 12.5. The molecule has 0 unspecified atom stereocenters. The van der Waals surface area contributed by atoms with E-state index < -0.39 is 0 Å². The molecule has 2 aromatic heterocycles. The molecule has 0 saturated carbocycles. The first-order chi connectivity index (χ1) is 8.16. The van der Waals surface area contributed by atoms with Gasteiger partial charge in [-0.3, -0.25) is 4.98 Å². The number of furan rings is 1. The summed E-state index contributed by atoms with van der Waals surface area (Å²) in [6.07, 6.45) is 3.47. The fourth-order valence-corrected chi connectivity index (χ4v) is 2.59. The van der Waals surface area contributed by atoms with Gasteiger partial charge in [0.2, 0.25) is 0 Å². The highest BCUT2D eigenvalue weighted by Gasteiger charge is 2.09. The van der Waals surface area contributed by atoms with Crippen molar-refractivity contribution in [3.05, 3.63) is 51.1 Å². The molecule has 0 aliphatic heterocycles. The number of pyridine rings is 1. The summed E-state index contributed by atoms with van der Waals surface area (Å²) in [5.74, 6) is 0.929. The van der Waals surface area contributed by atoms with Gasteiger partial charge in [0, 0.05) is 21.7 Å². The maximum absolute atomic E-state index is 5.33. The highest BCUT2D eigenvalue weighted by atomic mass is 79.9. The molecule has 0 bridgehead atoms. The molecule has 3 nitrogen and oxygen atoms in total. The van der Waals surface area contributed by atoms with Crippen molar-refractivity contribution in [1.82, 2.24) is 10.3 Å². The molecule has 17 heavy (non-hydrogen) atoms. The van der Waals surface area contributed by atoms with E-state index in [1.807, 2.05) is 18.2 Å². The van der Waals surface area contributed by atoms with E-state index in [0.717, 1.165) is 20.4 Å². The van der Waals surface area contributed by atoms with E-state index in [0.29, 0.717) is 6.54 Å². The summed E-state index contributed by atoms with van der Waals surface area (Å²) in [6.45, 7) is 2.75. The van der Waals surface area contributed by atoms with E-state index in [1.165, 1.54) is 0 Å². The van der Waals surface area contributed by atoms with E-state index in [-0.39, 0.29) is 6.04 Å². The summed E-state index contributed by atoms with van der Waals surface area (Å²) in [7, 11) is 0. The van der Waals surface area contributed by atoms with Gasteiger partial charge >= 0.3 is 0 Å². The minimum atomic E-state index is 0.169. The predicted octanol–water partition coefficient (Wildman–Crippen LogP) is 4.05. The molecular formula is C12H12Br2N2O. The molecule has 2 heterocycles. The lowest BCUT2D eigenvalue weighted by atomic mass is 10.2. The molecule has 0 spiro atoms. The maximum Gasteiger partial charge on any atom is 0.120 e. The number of hydrogen-bond acceptors (Lipinski definition) is 3. The van der Waals surface area contributed by atoms with Crippen LogP contribution in [0.2, 0.25) is 0 Å². The third kappa shape index (κ3) is 3.40. The van der Waals surface area contributed by atoms with E-state index in [9.17, 15) is 0 Å². The van der Waals surface area contributed by atoms with Gasteiger partial charge in [-0.25, -0.2) is 0 Å². The number of nitrogens with zero attached hydrogens (tertiary/aromatic N) is 1. The van der Waals surface area contributed by atoms with Crippen molar-refractivity contribution in [1.29, 1.82) is 0 Å². The van der Waals surface area contributed by atoms with E-state index in [4.69, 9.17) is 4.42 Å². The molecule has 0 radical (unpaired) electrons. The second-order valence-electron chi connectivity index (χ2n) is 3.70. The van der Waals surface area contributed by atoms with Gasteiger partial charge in [0.25, 0.3) is 0 Å². The Balaban J connectivity index is 1.98. The fourth-order valence-electron chi connectivity index (χ4n) is 1.46. The summed E-state index contributed by atoms with van der Waals surface area (Å²) in [4.78, 5) is 4.34. The molecule has 0 fully saturated rings. The number of halogens is 2. The Kier molecular flexibility index (Phi) is 4.36. The van der Waals surface area contributed by atoms with Crippen LogP contribution in [0.1, 0.15) is 24.4 Å². The largest absolute Gasteiger partial charge is 0.468 e. The lowest BCUT2D eigenvalue weighted by molar-refractivity contribution is 0.428. The molecule has 0 amide bonds. The molecule has 0 aliphatic rings. The molecule has 90 valence electrons. The Morgan fingerprint density at radius 3 is 2.94 bits per heavy atom. The van der Waals surface area contributed by atoms with Gasteiger partial charge in [0.05, 0.1) is 18.0 Å². The SMILES string of the molecule is C[C@H](NCc1ncc(Br)cc1Br)c1ccco1. The van der Waals surface area contributed by atoms with Crippen LogP contribution in [0.4, 0.5) is 0 Å². The molecule has 2 rings (SSSR count). The number of rotatable bonds is 4. The maximum atomic E-state index is 5.33. The van der Waals surface area contributed by atoms with Crippen LogP contribution in [0.3, 0.4) is 0 Å². The summed E-state index contributed by atoms with van der Waals surface area (Å²) >= 11 is 6.87. The Bertz CT molecular complexity index is 485. The quantitative estimate of drug-likeness (QED) is 0.894. The van der Waals surface area contributed by atoms with Crippen molar-refractivity contribution in [2.75, 3.05) is 0 Å². The first-order valence-electron chi connectivity index (χ1n) is 5.23. The van der Waals surface area contributed by atoms with Gasteiger partial charge < -0.3 is 9.73 Å². The molecule has 0 aliphatic carbocycles. The lowest BCUT2D eigenvalue weighted by Crippen LogP contribution is -2.18. The van der Waals surface area contributed by atoms with Gasteiger partial charge in [-0.15, -0.1) is 0 Å². The minimum Gasteiger partial charge on any atom is -0.468 e. The van der Waals surface area contributed by atoms with Gasteiger partial charge in [0.15, 0.2) is 0 Å². The van der Waals surface area contributed by atoms with Crippen LogP contribution >= 0.6 is 31.9 Å². The van der Waals surface area contributed by atoms with Crippen molar-refractivity contribution in [2.45, 2.75) is 19.5 Å². The molecule has 1 atom stereocenters. The van der Waals surface area contributed by atoms with Crippen molar-refractivity contribution < 1.29 is 4.42 Å². The second kappa shape index (κ2) is 5.80. The van der Waals surface area contributed by atoms with E-state index >= 15 is 0 Å². The zero-order chi connectivity index (χ0) is 12.3. The normalized spacial score (nSPS) is 12.6. The number of aromatic nitrogens is 1. The minimum absolute atomic E-state index is 0.169. The van der Waals surface area contributed by atoms with Crippen LogP contribution < -0.4 is 5.32 Å². The van der Waals surface area contributed by atoms with Crippen molar-refractivity contribution in [3.8, 4) is 0 Å². The van der Waals surface area contributed by atoms with Gasteiger partial charge in [-0.1, -0.05) is 0 Å². The van der Waals surface area contributed by atoms with Crippen LogP contribution in [0.15, 0.2) is 44.0 Å². The van der Waals surface area contributed by atoms with Crippen LogP contribution in [-0.4, -0.2) is 4.98 Å². The van der Waals surface area contributed by atoms with Gasteiger partial charge in [0.1, 0.15) is 5.76 Å². The average Bonchev–Trinajstić information content (AvgIpc) is 2.81. The third-order valence-electron chi connectivity index (χ3n) is 2.43. The van der Waals surface area contributed by atoms with Gasteiger partial charge in [-0.05, 0) is 57.0 Å². The molecule has 1 N–H and O–H groups in total. The van der Waals surface area contributed by atoms with Crippen LogP contribution in [0, 0.1) is 0 Å². The molecule has 2 aromatic rings. The van der Waals surface area contributed by atoms with E-state index in [2.05, 4.69) is 49.1 Å². The smallest absolute Gasteiger partial charge is 0.120 e.